The van der Waals surface area contributed by atoms with Crippen molar-refractivity contribution in [2.24, 2.45) is 11.7 Å². The highest BCUT2D eigenvalue weighted by molar-refractivity contribution is 7.89. The van der Waals surface area contributed by atoms with E-state index in [1.807, 2.05) is 13.8 Å². The fourth-order valence-corrected chi connectivity index (χ4v) is 3.16. The first-order valence-corrected chi connectivity index (χ1v) is 7.56. The maximum atomic E-state index is 13.4. The maximum Gasteiger partial charge on any atom is 0.242 e. The summed E-state index contributed by atoms with van der Waals surface area (Å²) in [6.07, 6.45) is 0. The molecule has 0 atom stereocenters. The summed E-state index contributed by atoms with van der Waals surface area (Å²) in [5.74, 6) is -0.437. The summed E-state index contributed by atoms with van der Waals surface area (Å²) < 4.78 is 39.2. The van der Waals surface area contributed by atoms with Gasteiger partial charge in [0.2, 0.25) is 10.0 Å². The first kappa shape index (κ1) is 16.0. The maximum absolute atomic E-state index is 13.4. The molecule has 0 radical (unpaired) electrons. The molecule has 7 heteroatoms. The molecule has 0 unspecified atom stereocenters. The zero-order valence-corrected chi connectivity index (χ0v) is 12.7. The van der Waals surface area contributed by atoms with Crippen molar-refractivity contribution >= 4 is 27.2 Å². The molecule has 0 aliphatic carbocycles. The van der Waals surface area contributed by atoms with Crippen molar-refractivity contribution in [2.45, 2.75) is 18.7 Å². The molecule has 0 aromatic heterocycles. The highest BCUT2D eigenvalue weighted by atomic mass is 32.2. The van der Waals surface area contributed by atoms with Gasteiger partial charge in [0.1, 0.15) is 10.8 Å². The van der Waals surface area contributed by atoms with Gasteiger partial charge in [-0.25, -0.2) is 17.1 Å². The largest absolute Gasteiger partial charge is 0.389 e. The first-order chi connectivity index (χ1) is 8.66. The molecule has 0 saturated carbocycles. The minimum atomic E-state index is -3.66. The lowest BCUT2D eigenvalue weighted by atomic mass is 10.2. The Morgan fingerprint density at radius 3 is 2.53 bits per heavy atom. The van der Waals surface area contributed by atoms with Crippen molar-refractivity contribution in [3.05, 3.63) is 29.6 Å². The van der Waals surface area contributed by atoms with Crippen LogP contribution < -0.4 is 5.73 Å². The Labute approximate surface area is 118 Å². The quantitative estimate of drug-likeness (QED) is 0.842. The molecule has 19 heavy (non-hydrogen) atoms. The van der Waals surface area contributed by atoms with Crippen molar-refractivity contribution in [1.29, 1.82) is 0 Å². The molecule has 1 aromatic rings. The number of hydrogen-bond donors (Lipinski definition) is 1. The lowest BCUT2D eigenvalue weighted by Gasteiger charge is -2.19. The van der Waals surface area contributed by atoms with Gasteiger partial charge in [-0.15, -0.1) is 0 Å². The van der Waals surface area contributed by atoms with E-state index in [0.29, 0.717) is 6.54 Å². The Kier molecular flexibility index (Phi) is 5.00. The number of nitrogens with two attached hydrogens (primary N) is 1. The predicted octanol–water partition coefficient (Wildman–Crippen LogP) is 1.74. The van der Waals surface area contributed by atoms with Crippen LogP contribution >= 0.6 is 12.2 Å². The highest BCUT2D eigenvalue weighted by Gasteiger charge is 2.22. The molecule has 1 aromatic carbocycles. The SMILES string of the molecule is CC(C)CN(C)S(=O)(=O)c1ccc(F)c(C(N)=S)c1. The van der Waals surface area contributed by atoms with Crippen LogP contribution in [0.5, 0.6) is 0 Å². The highest BCUT2D eigenvalue weighted by Crippen LogP contribution is 2.19. The Balaban J connectivity index is 3.22. The Bertz CT molecular complexity index is 585. The molecule has 0 heterocycles. The van der Waals surface area contributed by atoms with Crippen molar-refractivity contribution in [3.8, 4) is 0 Å². The molecule has 0 aliphatic rings. The number of thiocarbonyl (C=S) groups is 1. The van der Waals surface area contributed by atoms with Gasteiger partial charge in [-0.05, 0) is 24.1 Å². The van der Waals surface area contributed by atoms with Crippen LogP contribution in [0, 0.1) is 11.7 Å². The minimum absolute atomic E-state index is 0.0140. The topological polar surface area (TPSA) is 63.4 Å². The standard InChI is InChI=1S/C12H17FN2O2S2/c1-8(2)7-15(3)19(16,17)9-4-5-11(13)10(6-9)12(14)18/h4-6,8H,7H2,1-3H3,(H2,14,18). The zero-order valence-electron chi connectivity index (χ0n) is 11.1. The molecule has 2 N–H and O–H groups in total. The van der Waals surface area contributed by atoms with Crippen LogP contribution in [0.2, 0.25) is 0 Å². The summed E-state index contributed by atoms with van der Waals surface area (Å²) in [5.41, 5.74) is 5.31. The lowest BCUT2D eigenvalue weighted by Crippen LogP contribution is -2.30. The second-order valence-corrected chi connectivity index (χ2v) is 7.17. The van der Waals surface area contributed by atoms with Gasteiger partial charge in [-0.1, -0.05) is 26.1 Å². The molecule has 4 nitrogen and oxygen atoms in total. The summed E-state index contributed by atoms with van der Waals surface area (Å²) in [7, 11) is -2.17. The van der Waals surface area contributed by atoms with Crippen LogP contribution in [-0.4, -0.2) is 31.3 Å². The molecule has 0 bridgehead atoms. The monoisotopic (exact) mass is 304 g/mol. The van der Waals surface area contributed by atoms with Crippen molar-refractivity contribution in [3.63, 3.8) is 0 Å². The Morgan fingerprint density at radius 2 is 2.05 bits per heavy atom. The summed E-state index contributed by atoms with van der Waals surface area (Å²) >= 11 is 4.70. The van der Waals surface area contributed by atoms with Gasteiger partial charge in [0, 0.05) is 19.2 Å². The molecule has 0 saturated heterocycles. The number of rotatable bonds is 5. The second kappa shape index (κ2) is 5.94. The number of sulfonamides is 1. The van der Waals surface area contributed by atoms with Gasteiger partial charge in [0.05, 0.1) is 4.90 Å². The fourth-order valence-electron chi connectivity index (χ4n) is 1.65. The number of halogens is 1. The summed E-state index contributed by atoms with van der Waals surface area (Å²) in [6, 6.07) is 3.44. The van der Waals surface area contributed by atoms with E-state index in [0.717, 1.165) is 6.07 Å². The van der Waals surface area contributed by atoms with Gasteiger partial charge in [-0.3, -0.25) is 0 Å². The smallest absolute Gasteiger partial charge is 0.242 e. The lowest BCUT2D eigenvalue weighted by molar-refractivity contribution is 0.417. The van der Waals surface area contributed by atoms with Crippen molar-refractivity contribution < 1.29 is 12.8 Å². The van der Waals surface area contributed by atoms with E-state index in [-0.39, 0.29) is 21.4 Å². The van der Waals surface area contributed by atoms with E-state index >= 15 is 0 Å². The van der Waals surface area contributed by atoms with Crippen LogP contribution in [0.3, 0.4) is 0 Å². The van der Waals surface area contributed by atoms with Crippen LogP contribution in [0.15, 0.2) is 23.1 Å². The molecule has 0 spiro atoms. The second-order valence-electron chi connectivity index (χ2n) is 4.69. The molecular weight excluding hydrogens is 287 g/mol. The van der Waals surface area contributed by atoms with Crippen LogP contribution in [0.1, 0.15) is 19.4 Å². The number of nitrogens with zero attached hydrogens (tertiary/aromatic N) is 1. The van der Waals surface area contributed by atoms with E-state index in [2.05, 4.69) is 0 Å². The summed E-state index contributed by atoms with van der Waals surface area (Å²) in [4.78, 5) is -0.180. The third kappa shape index (κ3) is 3.71. The van der Waals surface area contributed by atoms with Crippen molar-refractivity contribution in [1.82, 2.24) is 4.31 Å². The van der Waals surface area contributed by atoms with Gasteiger partial charge in [-0.2, -0.15) is 0 Å². The van der Waals surface area contributed by atoms with Crippen LogP contribution in [0.4, 0.5) is 4.39 Å². The van der Waals surface area contributed by atoms with E-state index in [1.165, 1.54) is 23.5 Å². The summed E-state index contributed by atoms with van der Waals surface area (Å²) in [5, 5.41) is 0. The molecular formula is C12H17FN2O2S2. The van der Waals surface area contributed by atoms with E-state index in [9.17, 15) is 12.8 Å². The Hall–Kier alpha value is -1.05. The van der Waals surface area contributed by atoms with Crippen LogP contribution in [-0.2, 0) is 10.0 Å². The molecule has 0 amide bonds. The van der Waals surface area contributed by atoms with Gasteiger partial charge < -0.3 is 5.73 Å². The zero-order chi connectivity index (χ0) is 14.8. The first-order valence-electron chi connectivity index (χ1n) is 5.72. The molecule has 0 fully saturated rings. The number of benzene rings is 1. The average molecular weight is 304 g/mol. The van der Waals surface area contributed by atoms with Gasteiger partial charge in [0.15, 0.2) is 0 Å². The van der Waals surface area contributed by atoms with E-state index in [1.54, 1.807) is 0 Å². The normalized spacial score (nSPS) is 12.1. The van der Waals surface area contributed by atoms with Gasteiger partial charge >= 0.3 is 0 Å². The molecule has 0 aliphatic heterocycles. The minimum Gasteiger partial charge on any atom is -0.389 e. The molecule has 1 rings (SSSR count). The van der Waals surface area contributed by atoms with Crippen LogP contribution in [0.25, 0.3) is 0 Å². The van der Waals surface area contributed by atoms with Crippen molar-refractivity contribution in [2.75, 3.05) is 13.6 Å². The number of hydrogen-bond acceptors (Lipinski definition) is 3. The third-order valence-electron chi connectivity index (χ3n) is 2.53. The summed E-state index contributed by atoms with van der Waals surface area (Å²) in [6.45, 7) is 4.20. The van der Waals surface area contributed by atoms with Gasteiger partial charge in [0.25, 0.3) is 0 Å². The Morgan fingerprint density at radius 1 is 1.47 bits per heavy atom. The third-order valence-corrected chi connectivity index (χ3v) is 4.57. The van der Waals surface area contributed by atoms with E-state index in [4.69, 9.17) is 18.0 Å². The predicted molar refractivity (Wildman–Crippen MR) is 76.9 cm³/mol. The van der Waals surface area contributed by atoms with E-state index < -0.39 is 15.8 Å². The fraction of sp³-hybridized carbons (Fsp3) is 0.417. The average Bonchev–Trinajstić information content (AvgIpc) is 2.27. The molecule has 106 valence electrons.